The molecule has 0 unspecified atom stereocenters. The summed E-state index contributed by atoms with van der Waals surface area (Å²) in [6.45, 7) is -0.184. The molecule has 6 rings (SSSR count). The van der Waals surface area contributed by atoms with Gasteiger partial charge < -0.3 is 10.1 Å². The molecule has 0 aliphatic heterocycles. The fraction of sp³-hybridized carbons (Fsp3) is 0.481. The average Bonchev–Trinajstić information content (AvgIpc) is 2.76. The topological polar surface area (TPSA) is 55.4 Å². The summed E-state index contributed by atoms with van der Waals surface area (Å²) in [5.74, 6) is 1.75. The maximum atomic E-state index is 12.7. The van der Waals surface area contributed by atoms with Gasteiger partial charge in [-0.1, -0.05) is 60.7 Å². The van der Waals surface area contributed by atoms with Crippen molar-refractivity contribution in [1.82, 2.24) is 5.32 Å². The molecule has 2 aromatic rings. The van der Waals surface area contributed by atoms with E-state index in [1.165, 1.54) is 19.3 Å². The van der Waals surface area contributed by atoms with E-state index in [9.17, 15) is 9.59 Å². The third-order valence-corrected chi connectivity index (χ3v) is 7.58. The Bertz CT molecular complexity index is 849. The van der Waals surface area contributed by atoms with Gasteiger partial charge in [0.15, 0.2) is 6.61 Å². The van der Waals surface area contributed by atoms with E-state index in [-0.39, 0.29) is 36.4 Å². The summed E-state index contributed by atoms with van der Waals surface area (Å²) in [4.78, 5) is 25.3. The van der Waals surface area contributed by atoms with Crippen LogP contribution in [0.1, 0.15) is 62.0 Å². The van der Waals surface area contributed by atoms with E-state index in [4.69, 9.17) is 4.74 Å². The molecule has 0 atom stereocenters. The Morgan fingerprint density at radius 2 is 1.32 bits per heavy atom. The van der Waals surface area contributed by atoms with Gasteiger partial charge in [0.1, 0.15) is 0 Å². The van der Waals surface area contributed by atoms with Gasteiger partial charge >= 0.3 is 5.97 Å². The van der Waals surface area contributed by atoms with Crippen molar-refractivity contribution in [2.45, 2.75) is 56.4 Å². The molecule has 4 aliphatic rings. The van der Waals surface area contributed by atoms with Gasteiger partial charge in [-0.3, -0.25) is 9.59 Å². The molecule has 4 fully saturated rings. The summed E-state index contributed by atoms with van der Waals surface area (Å²) in [7, 11) is 0. The Kier molecular flexibility index (Phi) is 5.56. The van der Waals surface area contributed by atoms with E-state index in [0.29, 0.717) is 0 Å². The Hall–Kier alpha value is -2.62. The van der Waals surface area contributed by atoms with E-state index >= 15 is 0 Å². The van der Waals surface area contributed by atoms with Crippen LogP contribution in [0.15, 0.2) is 60.7 Å². The Morgan fingerprint density at radius 3 is 1.81 bits per heavy atom. The van der Waals surface area contributed by atoms with Crippen molar-refractivity contribution < 1.29 is 14.3 Å². The number of nitrogens with one attached hydrogen (secondary N) is 1. The number of ether oxygens (including phenoxy) is 1. The molecule has 4 nitrogen and oxygen atoms in total. The molecular formula is C27H31NO3. The number of benzene rings is 2. The number of carbonyl (C=O) groups is 2. The quantitative estimate of drug-likeness (QED) is 0.656. The fourth-order valence-corrected chi connectivity index (χ4v) is 6.77. The van der Waals surface area contributed by atoms with Gasteiger partial charge in [-0.2, -0.15) is 0 Å². The normalized spacial score (nSPS) is 28.5. The van der Waals surface area contributed by atoms with Gasteiger partial charge in [0.05, 0.1) is 6.42 Å². The highest BCUT2D eigenvalue weighted by molar-refractivity contribution is 5.81. The molecule has 0 heterocycles. The molecule has 0 saturated heterocycles. The predicted molar refractivity (Wildman–Crippen MR) is 119 cm³/mol. The third-order valence-electron chi connectivity index (χ3n) is 7.58. The van der Waals surface area contributed by atoms with Crippen molar-refractivity contribution in [3.05, 3.63) is 71.8 Å². The van der Waals surface area contributed by atoms with E-state index < -0.39 is 0 Å². The smallest absolute Gasteiger partial charge is 0.307 e. The first kappa shape index (κ1) is 20.3. The minimum absolute atomic E-state index is 0.0468. The van der Waals surface area contributed by atoms with Crippen LogP contribution < -0.4 is 5.32 Å². The van der Waals surface area contributed by atoms with Crippen LogP contribution in [0.3, 0.4) is 0 Å². The van der Waals surface area contributed by atoms with Crippen LogP contribution in [-0.2, 0) is 14.3 Å². The molecule has 31 heavy (non-hydrogen) atoms. The highest BCUT2D eigenvalue weighted by atomic mass is 16.5. The summed E-state index contributed by atoms with van der Waals surface area (Å²) in [5, 5.41) is 3.28. The molecule has 0 radical (unpaired) electrons. The Balaban J connectivity index is 1.18. The third kappa shape index (κ3) is 4.53. The first-order chi connectivity index (χ1) is 15.1. The molecule has 4 bridgehead atoms. The van der Waals surface area contributed by atoms with Crippen LogP contribution in [0.5, 0.6) is 0 Å². The first-order valence-electron chi connectivity index (χ1n) is 11.7. The van der Waals surface area contributed by atoms with Gasteiger partial charge in [0.2, 0.25) is 0 Å². The first-order valence-corrected chi connectivity index (χ1v) is 11.7. The van der Waals surface area contributed by atoms with Crippen molar-refractivity contribution in [3.8, 4) is 0 Å². The Labute approximate surface area is 184 Å². The molecule has 4 aliphatic carbocycles. The number of amides is 1. The van der Waals surface area contributed by atoms with Crippen LogP contribution in [-0.4, -0.2) is 24.0 Å². The molecular weight excluding hydrogens is 386 g/mol. The van der Waals surface area contributed by atoms with E-state index in [1.807, 2.05) is 60.7 Å². The maximum Gasteiger partial charge on any atom is 0.307 e. The lowest BCUT2D eigenvalue weighted by atomic mass is 9.53. The number of esters is 1. The molecule has 0 aromatic heterocycles. The van der Waals surface area contributed by atoms with Gasteiger partial charge in [-0.05, 0) is 67.4 Å². The zero-order valence-corrected chi connectivity index (χ0v) is 18.0. The average molecular weight is 418 g/mol. The minimum atomic E-state index is -0.335. The second-order valence-corrected chi connectivity index (χ2v) is 9.98. The van der Waals surface area contributed by atoms with E-state index in [1.54, 1.807) is 0 Å². The SMILES string of the molecule is O=C(COC(=O)CC(c1ccccc1)c1ccccc1)NC12CC3CC(CC(C3)C1)C2. The van der Waals surface area contributed by atoms with Crippen LogP contribution in [0.2, 0.25) is 0 Å². The summed E-state index contributed by atoms with van der Waals surface area (Å²) in [5.41, 5.74) is 2.10. The minimum Gasteiger partial charge on any atom is -0.456 e. The lowest BCUT2D eigenvalue weighted by molar-refractivity contribution is -0.150. The fourth-order valence-electron chi connectivity index (χ4n) is 6.77. The van der Waals surface area contributed by atoms with E-state index in [2.05, 4.69) is 5.32 Å². The van der Waals surface area contributed by atoms with Crippen molar-refractivity contribution in [3.63, 3.8) is 0 Å². The zero-order chi connectivity index (χ0) is 21.3. The number of hydrogen-bond donors (Lipinski definition) is 1. The van der Waals surface area contributed by atoms with Crippen LogP contribution >= 0.6 is 0 Å². The van der Waals surface area contributed by atoms with Crippen molar-refractivity contribution in [2.75, 3.05) is 6.61 Å². The monoisotopic (exact) mass is 417 g/mol. The maximum absolute atomic E-state index is 12.7. The van der Waals surface area contributed by atoms with Gasteiger partial charge in [-0.25, -0.2) is 0 Å². The molecule has 162 valence electrons. The molecule has 1 N–H and O–H groups in total. The highest BCUT2D eigenvalue weighted by Crippen LogP contribution is 2.55. The number of rotatable bonds is 7. The lowest BCUT2D eigenvalue weighted by Crippen LogP contribution is -2.60. The molecule has 4 saturated carbocycles. The molecule has 0 spiro atoms. The largest absolute Gasteiger partial charge is 0.456 e. The summed E-state index contributed by atoms with van der Waals surface area (Å²) >= 11 is 0. The summed E-state index contributed by atoms with van der Waals surface area (Å²) in [6, 6.07) is 20.0. The van der Waals surface area contributed by atoms with Crippen molar-refractivity contribution in [2.24, 2.45) is 17.8 Å². The summed E-state index contributed by atoms with van der Waals surface area (Å²) in [6.07, 6.45) is 7.53. The highest BCUT2D eigenvalue weighted by Gasteiger charge is 2.51. The number of hydrogen-bond acceptors (Lipinski definition) is 3. The molecule has 4 heteroatoms. The summed E-state index contributed by atoms with van der Waals surface area (Å²) < 4.78 is 5.44. The predicted octanol–water partition coefficient (Wildman–Crippen LogP) is 4.84. The van der Waals surface area contributed by atoms with Gasteiger partial charge in [0.25, 0.3) is 5.91 Å². The Morgan fingerprint density at radius 1 is 0.839 bits per heavy atom. The second kappa shape index (κ2) is 8.49. The van der Waals surface area contributed by atoms with Gasteiger partial charge in [-0.15, -0.1) is 0 Å². The van der Waals surface area contributed by atoms with Crippen LogP contribution in [0, 0.1) is 17.8 Å². The molecule has 2 aromatic carbocycles. The molecule has 1 amide bonds. The lowest BCUT2D eigenvalue weighted by Gasteiger charge is -2.56. The number of carbonyl (C=O) groups excluding carboxylic acids is 2. The second-order valence-electron chi connectivity index (χ2n) is 9.98. The standard InChI is InChI=1S/C27H31NO3/c29-25(28-27-15-19-11-20(16-27)13-21(12-19)17-27)18-31-26(30)14-24(22-7-3-1-4-8-22)23-9-5-2-6-10-23/h1-10,19-21,24H,11-18H2,(H,28,29). The van der Waals surface area contributed by atoms with E-state index in [0.717, 1.165) is 48.1 Å². The van der Waals surface area contributed by atoms with Crippen LogP contribution in [0.4, 0.5) is 0 Å². The van der Waals surface area contributed by atoms with Gasteiger partial charge in [0, 0.05) is 11.5 Å². The zero-order valence-electron chi connectivity index (χ0n) is 18.0. The van der Waals surface area contributed by atoms with Crippen LogP contribution in [0.25, 0.3) is 0 Å². The van der Waals surface area contributed by atoms with Crippen molar-refractivity contribution >= 4 is 11.9 Å². The van der Waals surface area contributed by atoms with Crippen molar-refractivity contribution in [1.29, 1.82) is 0 Å².